The Labute approximate surface area is 158 Å². The summed E-state index contributed by atoms with van der Waals surface area (Å²) in [6.45, 7) is 6.09. The number of nitrogens with zero attached hydrogens (tertiary/aromatic N) is 3. The molecular weight excluding hydrogens is 348 g/mol. The van der Waals surface area contributed by atoms with Crippen molar-refractivity contribution in [2.75, 3.05) is 5.32 Å². The summed E-state index contributed by atoms with van der Waals surface area (Å²) < 4.78 is 1.70. The van der Waals surface area contributed by atoms with E-state index < -0.39 is 0 Å². The first kappa shape index (κ1) is 18.1. The largest absolute Gasteiger partial charge is 0.320 e. The van der Waals surface area contributed by atoms with Gasteiger partial charge in [-0.05, 0) is 48.2 Å². The molecule has 3 aromatic rings. The number of hydrogen-bond donors (Lipinski definition) is 1. The van der Waals surface area contributed by atoms with Crippen LogP contribution in [-0.4, -0.2) is 20.9 Å². The number of carbonyl (C=O) groups is 1. The third-order valence-electron chi connectivity index (χ3n) is 4.18. The fourth-order valence-corrected chi connectivity index (χ4v) is 3.00. The first-order valence-electron chi connectivity index (χ1n) is 8.62. The normalized spacial score (nSPS) is 11.0. The summed E-state index contributed by atoms with van der Waals surface area (Å²) in [5.74, 6) is -0.183. The maximum Gasteiger partial charge on any atom is 0.278 e. The second-order valence-electron chi connectivity index (χ2n) is 6.33. The van der Waals surface area contributed by atoms with Gasteiger partial charge in [0.1, 0.15) is 0 Å². The molecular formula is C20H21ClN4O. The molecule has 0 atom stereocenters. The van der Waals surface area contributed by atoms with Gasteiger partial charge in [0.05, 0.1) is 11.4 Å². The van der Waals surface area contributed by atoms with Gasteiger partial charge in [-0.25, -0.2) is 4.68 Å². The van der Waals surface area contributed by atoms with Gasteiger partial charge in [0.15, 0.2) is 5.69 Å². The highest BCUT2D eigenvalue weighted by Gasteiger charge is 2.23. The Bertz CT molecular complexity index is 916. The summed E-state index contributed by atoms with van der Waals surface area (Å²) in [6, 6.07) is 15.1. The third kappa shape index (κ3) is 3.63. The van der Waals surface area contributed by atoms with Gasteiger partial charge in [0.2, 0.25) is 0 Å². The van der Waals surface area contributed by atoms with Gasteiger partial charge in [-0.15, -0.1) is 5.10 Å². The molecule has 0 saturated carbocycles. The molecule has 134 valence electrons. The Kier molecular flexibility index (Phi) is 5.38. The predicted octanol–water partition coefficient (Wildman–Crippen LogP) is 4.86. The number of amides is 1. The number of carbonyl (C=O) groups excluding carboxylic acids is 1. The minimum absolute atomic E-state index is 0.0721. The summed E-state index contributed by atoms with van der Waals surface area (Å²) in [7, 11) is 0. The number of nitrogens with one attached hydrogen (secondary N) is 1. The molecule has 1 amide bonds. The number of aromatic nitrogens is 3. The van der Waals surface area contributed by atoms with Crippen LogP contribution in [0.5, 0.6) is 0 Å². The van der Waals surface area contributed by atoms with Crippen molar-refractivity contribution < 1.29 is 4.79 Å². The fourth-order valence-electron chi connectivity index (χ4n) is 2.87. The lowest BCUT2D eigenvalue weighted by Crippen LogP contribution is -2.17. The Morgan fingerprint density at radius 3 is 2.50 bits per heavy atom. The first-order valence-corrected chi connectivity index (χ1v) is 8.99. The number of halogens is 1. The fraction of sp³-hybridized carbons (Fsp3) is 0.250. The summed E-state index contributed by atoms with van der Waals surface area (Å²) >= 11 is 5.97. The molecule has 1 aromatic heterocycles. The highest BCUT2D eigenvalue weighted by Crippen LogP contribution is 2.24. The first-order chi connectivity index (χ1) is 12.5. The zero-order chi connectivity index (χ0) is 18.7. The van der Waals surface area contributed by atoms with Crippen molar-refractivity contribution in [2.45, 2.75) is 33.1 Å². The molecule has 1 heterocycles. The van der Waals surface area contributed by atoms with E-state index in [9.17, 15) is 4.79 Å². The van der Waals surface area contributed by atoms with Crippen LogP contribution in [0.1, 0.15) is 48.4 Å². The molecule has 1 N–H and O–H groups in total. The number of hydrogen-bond acceptors (Lipinski definition) is 3. The van der Waals surface area contributed by atoms with E-state index in [4.69, 9.17) is 11.6 Å². The Hall–Kier alpha value is -2.66. The minimum atomic E-state index is -0.255. The lowest BCUT2D eigenvalue weighted by atomic mass is 10.1. The Morgan fingerprint density at radius 2 is 1.85 bits per heavy atom. The molecule has 0 fully saturated rings. The number of benzene rings is 2. The third-order valence-corrected chi connectivity index (χ3v) is 4.44. The number of rotatable bonds is 5. The van der Waals surface area contributed by atoms with E-state index in [0.717, 1.165) is 29.1 Å². The predicted molar refractivity (Wildman–Crippen MR) is 104 cm³/mol. The Morgan fingerprint density at radius 1 is 1.15 bits per heavy atom. The molecule has 0 unspecified atom stereocenters. The molecule has 0 saturated heterocycles. The van der Waals surface area contributed by atoms with Crippen molar-refractivity contribution in [3.05, 3.63) is 70.5 Å². The van der Waals surface area contributed by atoms with Gasteiger partial charge in [0, 0.05) is 10.7 Å². The van der Waals surface area contributed by atoms with Crippen LogP contribution in [0.25, 0.3) is 5.69 Å². The van der Waals surface area contributed by atoms with Crippen LogP contribution in [0.4, 0.5) is 5.69 Å². The SMILES string of the molecule is CCc1ccccc1NC(=O)c1nnn(-c2ccc(Cl)cc2)c1C(C)C. The van der Waals surface area contributed by atoms with Crippen LogP contribution in [0, 0.1) is 0 Å². The summed E-state index contributed by atoms with van der Waals surface area (Å²) in [4.78, 5) is 12.9. The molecule has 3 rings (SSSR count). The smallest absolute Gasteiger partial charge is 0.278 e. The maximum atomic E-state index is 12.9. The molecule has 0 aliphatic rings. The van der Waals surface area contributed by atoms with Gasteiger partial charge in [0.25, 0.3) is 5.91 Å². The van der Waals surface area contributed by atoms with Crippen LogP contribution >= 0.6 is 11.6 Å². The standard InChI is InChI=1S/C20H21ClN4O/c1-4-14-7-5-6-8-17(14)22-20(26)18-19(13(2)3)25(24-23-18)16-11-9-15(21)10-12-16/h5-13H,4H2,1-3H3,(H,22,26). The van der Waals surface area contributed by atoms with Crippen molar-refractivity contribution in [3.8, 4) is 5.69 Å². The second kappa shape index (κ2) is 7.70. The topological polar surface area (TPSA) is 59.8 Å². The quantitative estimate of drug-likeness (QED) is 0.699. The monoisotopic (exact) mass is 368 g/mol. The average Bonchev–Trinajstić information content (AvgIpc) is 3.08. The number of anilines is 1. The van der Waals surface area contributed by atoms with Gasteiger partial charge in [-0.3, -0.25) is 4.79 Å². The lowest BCUT2D eigenvalue weighted by molar-refractivity contribution is 0.102. The van der Waals surface area contributed by atoms with Crippen molar-refractivity contribution in [3.63, 3.8) is 0 Å². The molecule has 26 heavy (non-hydrogen) atoms. The zero-order valence-corrected chi connectivity index (χ0v) is 15.8. The summed E-state index contributed by atoms with van der Waals surface area (Å²) in [5, 5.41) is 12.0. The second-order valence-corrected chi connectivity index (χ2v) is 6.77. The molecule has 6 heteroatoms. The van der Waals surface area contributed by atoms with Crippen LogP contribution < -0.4 is 5.32 Å². The molecule has 2 aromatic carbocycles. The lowest BCUT2D eigenvalue weighted by Gasteiger charge is -2.12. The van der Waals surface area contributed by atoms with Crippen LogP contribution in [-0.2, 0) is 6.42 Å². The van der Waals surface area contributed by atoms with Gasteiger partial charge in [-0.1, -0.05) is 55.8 Å². The zero-order valence-electron chi connectivity index (χ0n) is 15.0. The van der Waals surface area contributed by atoms with E-state index in [2.05, 4.69) is 22.6 Å². The maximum absolute atomic E-state index is 12.9. The highest BCUT2D eigenvalue weighted by atomic mass is 35.5. The van der Waals surface area contributed by atoms with Crippen molar-refractivity contribution >= 4 is 23.2 Å². The molecule has 5 nitrogen and oxygen atoms in total. The van der Waals surface area contributed by atoms with Crippen molar-refractivity contribution in [1.82, 2.24) is 15.0 Å². The molecule has 0 spiro atoms. The Balaban J connectivity index is 1.97. The van der Waals surface area contributed by atoms with Gasteiger partial charge >= 0.3 is 0 Å². The summed E-state index contributed by atoms with van der Waals surface area (Å²) in [5.41, 5.74) is 3.80. The molecule has 0 bridgehead atoms. The number of aryl methyl sites for hydroxylation is 1. The highest BCUT2D eigenvalue weighted by molar-refractivity contribution is 6.30. The van der Waals surface area contributed by atoms with E-state index >= 15 is 0 Å². The van der Waals surface area contributed by atoms with E-state index in [1.54, 1.807) is 16.8 Å². The average molecular weight is 369 g/mol. The van der Waals surface area contributed by atoms with Crippen LogP contribution in [0.15, 0.2) is 48.5 Å². The number of para-hydroxylation sites is 1. The van der Waals surface area contributed by atoms with Crippen molar-refractivity contribution in [2.24, 2.45) is 0 Å². The molecule has 0 radical (unpaired) electrons. The van der Waals surface area contributed by atoms with E-state index in [1.165, 1.54) is 0 Å². The summed E-state index contributed by atoms with van der Waals surface area (Å²) in [6.07, 6.45) is 0.838. The van der Waals surface area contributed by atoms with Crippen LogP contribution in [0.2, 0.25) is 5.02 Å². The van der Waals surface area contributed by atoms with E-state index in [-0.39, 0.29) is 11.8 Å². The molecule has 0 aliphatic carbocycles. The molecule has 0 aliphatic heterocycles. The van der Waals surface area contributed by atoms with Gasteiger partial charge < -0.3 is 5.32 Å². The van der Waals surface area contributed by atoms with Gasteiger partial charge in [-0.2, -0.15) is 0 Å². The van der Waals surface area contributed by atoms with E-state index in [1.807, 2.05) is 50.2 Å². The van der Waals surface area contributed by atoms with Crippen molar-refractivity contribution in [1.29, 1.82) is 0 Å². The minimum Gasteiger partial charge on any atom is -0.320 e. The van der Waals surface area contributed by atoms with Crippen LogP contribution in [0.3, 0.4) is 0 Å². The van der Waals surface area contributed by atoms with E-state index in [0.29, 0.717) is 10.7 Å².